The maximum absolute atomic E-state index is 12.2. The predicted octanol–water partition coefficient (Wildman–Crippen LogP) is 0.891. The van der Waals surface area contributed by atoms with Crippen molar-refractivity contribution in [1.29, 1.82) is 0 Å². The lowest BCUT2D eigenvalue weighted by Crippen LogP contribution is -2.24. The number of fused-ring (bicyclic) bond motifs is 3. The number of carboxylic acids is 1. The molecule has 1 amide bonds. The summed E-state index contributed by atoms with van der Waals surface area (Å²) in [5, 5.41) is 16.5. The van der Waals surface area contributed by atoms with Crippen molar-refractivity contribution < 1.29 is 19.4 Å². The van der Waals surface area contributed by atoms with Gasteiger partial charge in [-0.3, -0.25) is 9.78 Å². The van der Waals surface area contributed by atoms with Crippen LogP contribution < -0.4 is 15.8 Å². The molecule has 0 aliphatic heterocycles. The molecule has 146 valence electrons. The molecule has 0 aliphatic carbocycles. The maximum Gasteiger partial charge on any atom is 0.337 e. The number of carbonyl (C=O) groups excluding carboxylic acids is 1. The first kappa shape index (κ1) is 18.1. The number of pyridine rings is 1. The predicted molar refractivity (Wildman–Crippen MR) is 102 cm³/mol. The molecule has 0 fully saturated rings. The lowest BCUT2D eigenvalue weighted by molar-refractivity contribution is 0.0695. The number of nitrogens with two attached hydrogens (primary N) is 1. The standard InChI is InChI=1S/C18H15N7O4/c1-29-12-4-2-3-10-14(12)23-18(19)25-15(10)22-13(24-25)8-21-16(26)11-6-5-9(7-20-11)17(27)28/h2-7H,8H2,1H3,(H2,19,23)(H,21,26)(H,27,28). The van der Waals surface area contributed by atoms with Crippen LogP contribution >= 0.6 is 0 Å². The first-order valence-electron chi connectivity index (χ1n) is 8.43. The van der Waals surface area contributed by atoms with Gasteiger partial charge in [-0.1, -0.05) is 6.07 Å². The molecular formula is C18H15N7O4. The van der Waals surface area contributed by atoms with E-state index in [1.807, 2.05) is 12.1 Å². The Morgan fingerprint density at radius 2 is 2.07 bits per heavy atom. The van der Waals surface area contributed by atoms with Gasteiger partial charge in [0.15, 0.2) is 11.5 Å². The second-order valence-electron chi connectivity index (χ2n) is 6.01. The molecule has 0 spiro atoms. The Morgan fingerprint density at radius 3 is 2.76 bits per heavy atom. The quantitative estimate of drug-likeness (QED) is 0.448. The summed E-state index contributed by atoms with van der Waals surface area (Å²) in [5.41, 5.74) is 7.11. The van der Waals surface area contributed by atoms with E-state index in [9.17, 15) is 9.59 Å². The van der Waals surface area contributed by atoms with Gasteiger partial charge in [0.25, 0.3) is 5.91 Å². The number of nitrogens with zero attached hydrogens (tertiary/aromatic N) is 5. The van der Waals surface area contributed by atoms with Crippen molar-refractivity contribution in [2.24, 2.45) is 0 Å². The number of methoxy groups -OCH3 is 1. The summed E-state index contributed by atoms with van der Waals surface area (Å²) >= 11 is 0. The number of hydrogen-bond donors (Lipinski definition) is 3. The highest BCUT2D eigenvalue weighted by atomic mass is 16.5. The van der Waals surface area contributed by atoms with Gasteiger partial charge in [-0.25, -0.2) is 14.8 Å². The van der Waals surface area contributed by atoms with Crippen molar-refractivity contribution in [3.63, 3.8) is 0 Å². The molecular weight excluding hydrogens is 378 g/mol. The number of ether oxygens (including phenoxy) is 1. The molecule has 0 bridgehead atoms. The van der Waals surface area contributed by atoms with Gasteiger partial charge in [-0.15, -0.1) is 5.10 Å². The molecule has 3 aromatic heterocycles. The van der Waals surface area contributed by atoms with E-state index in [0.717, 1.165) is 6.20 Å². The smallest absolute Gasteiger partial charge is 0.337 e. The second-order valence-corrected chi connectivity index (χ2v) is 6.01. The summed E-state index contributed by atoms with van der Waals surface area (Å²) in [6.07, 6.45) is 1.12. The fourth-order valence-corrected chi connectivity index (χ4v) is 2.81. The average molecular weight is 393 g/mol. The Hall–Kier alpha value is -4.28. The number of benzene rings is 1. The van der Waals surface area contributed by atoms with Crippen LogP contribution in [0.15, 0.2) is 36.5 Å². The Kier molecular flexibility index (Phi) is 4.39. The summed E-state index contributed by atoms with van der Waals surface area (Å²) in [5.74, 6) is -0.588. The molecule has 11 nitrogen and oxygen atoms in total. The van der Waals surface area contributed by atoms with Crippen LogP contribution in [0.2, 0.25) is 0 Å². The molecule has 1 aromatic carbocycles. The first-order valence-corrected chi connectivity index (χ1v) is 8.43. The molecule has 0 radical (unpaired) electrons. The van der Waals surface area contributed by atoms with Gasteiger partial charge in [0.1, 0.15) is 17.0 Å². The molecule has 4 N–H and O–H groups in total. The van der Waals surface area contributed by atoms with Crippen LogP contribution in [-0.2, 0) is 6.54 Å². The van der Waals surface area contributed by atoms with Gasteiger partial charge < -0.3 is 20.9 Å². The van der Waals surface area contributed by atoms with E-state index >= 15 is 0 Å². The minimum atomic E-state index is -1.12. The molecule has 0 saturated heterocycles. The summed E-state index contributed by atoms with van der Waals surface area (Å²) in [7, 11) is 1.54. The third kappa shape index (κ3) is 3.25. The van der Waals surface area contributed by atoms with E-state index in [1.165, 1.54) is 16.6 Å². The fourth-order valence-electron chi connectivity index (χ4n) is 2.81. The lowest BCUT2D eigenvalue weighted by Gasteiger charge is -2.06. The van der Waals surface area contributed by atoms with Crippen molar-refractivity contribution in [3.8, 4) is 5.75 Å². The zero-order chi connectivity index (χ0) is 20.5. The van der Waals surface area contributed by atoms with Crippen LogP contribution in [-0.4, -0.2) is 48.7 Å². The van der Waals surface area contributed by atoms with Crippen LogP contribution in [0, 0.1) is 0 Å². The number of carbonyl (C=O) groups is 2. The van der Waals surface area contributed by atoms with Gasteiger partial charge in [-0.05, 0) is 24.3 Å². The number of rotatable bonds is 5. The number of aromatic nitrogens is 5. The van der Waals surface area contributed by atoms with E-state index in [2.05, 4.69) is 25.4 Å². The SMILES string of the molecule is COc1cccc2c1nc(N)n1nc(CNC(=O)c3ccc(C(=O)O)cn3)nc21. The van der Waals surface area contributed by atoms with E-state index in [0.29, 0.717) is 28.1 Å². The summed E-state index contributed by atoms with van der Waals surface area (Å²) in [6, 6.07) is 8.04. The van der Waals surface area contributed by atoms with E-state index in [4.69, 9.17) is 15.6 Å². The monoisotopic (exact) mass is 393 g/mol. The number of aromatic carboxylic acids is 1. The minimum Gasteiger partial charge on any atom is -0.494 e. The number of carboxylic acid groups (broad SMARTS) is 1. The van der Waals surface area contributed by atoms with Gasteiger partial charge in [-0.2, -0.15) is 4.52 Å². The normalized spacial score (nSPS) is 10.9. The zero-order valence-corrected chi connectivity index (χ0v) is 15.2. The largest absolute Gasteiger partial charge is 0.494 e. The number of hydrogen-bond acceptors (Lipinski definition) is 8. The number of amides is 1. The van der Waals surface area contributed by atoms with E-state index in [-0.39, 0.29) is 23.8 Å². The first-order chi connectivity index (χ1) is 14.0. The summed E-state index contributed by atoms with van der Waals surface area (Å²) in [4.78, 5) is 35.7. The molecule has 3 heterocycles. The zero-order valence-electron chi connectivity index (χ0n) is 15.2. The van der Waals surface area contributed by atoms with Crippen LogP contribution in [0.4, 0.5) is 5.95 Å². The van der Waals surface area contributed by atoms with Crippen LogP contribution in [0.25, 0.3) is 16.6 Å². The molecule has 0 saturated carbocycles. The highest BCUT2D eigenvalue weighted by molar-refractivity contribution is 5.96. The Morgan fingerprint density at radius 1 is 1.24 bits per heavy atom. The maximum atomic E-state index is 12.2. The van der Waals surface area contributed by atoms with Crippen molar-refractivity contribution in [2.75, 3.05) is 12.8 Å². The van der Waals surface area contributed by atoms with Crippen LogP contribution in [0.3, 0.4) is 0 Å². The highest BCUT2D eigenvalue weighted by Gasteiger charge is 2.15. The Balaban J connectivity index is 1.60. The Bertz CT molecular complexity index is 1250. The number of nitrogens with one attached hydrogen (secondary N) is 1. The van der Waals surface area contributed by atoms with Gasteiger partial charge in [0.05, 0.1) is 19.2 Å². The third-order valence-electron chi connectivity index (χ3n) is 4.20. The molecule has 0 unspecified atom stereocenters. The topological polar surface area (TPSA) is 158 Å². The van der Waals surface area contributed by atoms with Gasteiger partial charge in [0.2, 0.25) is 5.95 Å². The van der Waals surface area contributed by atoms with Crippen LogP contribution in [0.5, 0.6) is 5.75 Å². The van der Waals surface area contributed by atoms with E-state index in [1.54, 1.807) is 13.2 Å². The Labute approximate surface area is 163 Å². The molecule has 4 aromatic rings. The molecule has 4 rings (SSSR count). The molecule has 0 atom stereocenters. The molecule has 11 heteroatoms. The summed E-state index contributed by atoms with van der Waals surface area (Å²) < 4.78 is 6.71. The number of anilines is 1. The molecule has 29 heavy (non-hydrogen) atoms. The van der Waals surface area contributed by atoms with Crippen molar-refractivity contribution in [3.05, 3.63) is 53.6 Å². The second kappa shape index (κ2) is 7.03. The third-order valence-corrected chi connectivity index (χ3v) is 4.20. The lowest BCUT2D eigenvalue weighted by atomic mass is 10.2. The van der Waals surface area contributed by atoms with Gasteiger partial charge in [0, 0.05) is 11.6 Å². The van der Waals surface area contributed by atoms with Crippen LogP contribution in [0.1, 0.15) is 26.7 Å². The van der Waals surface area contributed by atoms with Gasteiger partial charge >= 0.3 is 5.97 Å². The number of nitrogen functional groups attached to an aromatic ring is 1. The minimum absolute atomic E-state index is 0.00570. The summed E-state index contributed by atoms with van der Waals surface area (Å²) in [6.45, 7) is 0.0216. The highest BCUT2D eigenvalue weighted by Crippen LogP contribution is 2.27. The van der Waals surface area contributed by atoms with E-state index < -0.39 is 11.9 Å². The average Bonchev–Trinajstić information content (AvgIpc) is 3.17. The molecule has 0 aliphatic rings. The fraction of sp³-hybridized carbons (Fsp3) is 0.111. The number of para-hydroxylation sites is 1. The van der Waals surface area contributed by atoms with Crippen molar-refractivity contribution in [2.45, 2.75) is 6.54 Å². The van der Waals surface area contributed by atoms with Crippen molar-refractivity contribution in [1.82, 2.24) is 29.9 Å². The van der Waals surface area contributed by atoms with Crippen molar-refractivity contribution >= 4 is 34.4 Å².